The van der Waals surface area contributed by atoms with Crippen LogP contribution in [0.5, 0.6) is 0 Å². The second kappa shape index (κ2) is 10.3. The average Bonchev–Trinajstić information content (AvgIpc) is 2.25. The van der Waals surface area contributed by atoms with Gasteiger partial charge in [0.25, 0.3) is 0 Å². The highest BCUT2D eigenvalue weighted by molar-refractivity contribution is 5.84. The Morgan fingerprint density at radius 2 is 1.82 bits per heavy atom. The quantitative estimate of drug-likeness (QED) is 0.371. The van der Waals surface area contributed by atoms with Crippen molar-refractivity contribution in [3.05, 3.63) is 0 Å². The van der Waals surface area contributed by atoms with Gasteiger partial charge in [-0.3, -0.25) is 4.79 Å². The van der Waals surface area contributed by atoms with Crippen LogP contribution >= 0.6 is 0 Å². The summed E-state index contributed by atoms with van der Waals surface area (Å²) in [5.74, 6) is 0.634. The lowest BCUT2D eigenvalue weighted by Gasteiger charge is -2.04. The minimum atomic E-state index is 0.0459. The maximum atomic E-state index is 11.4. The molecule has 0 aliphatic rings. The van der Waals surface area contributed by atoms with Crippen molar-refractivity contribution < 1.29 is 4.79 Å². The van der Waals surface area contributed by atoms with E-state index in [2.05, 4.69) is 31.3 Å². The van der Waals surface area contributed by atoms with Crippen LogP contribution in [-0.2, 0) is 4.79 Å². The first kappa shape index (κ1) is 16.1. The number of carbonyl (C=O) groups is 1. The van der Waals surface area contributed by atoms with Gasteiger partial charge < -0.3 is 0 Å². The number of nitrogens with zero attached hydrogens (tertiary/aromatic N) is 1. The standard InChI is InChI=1S/C14H28N2O/c1-5-6-7-8-9-10-14(17)16-15-13(4)11-12(2)3/h12H,5-11H2,1-4H3,(H,16,17)/b15-13-. The third-order valence-electron chi connectivity index (χ3n) is 2.58. The molecule has 0 saturated heterocycles. The number of hydrogen-bond acceptors (Lipinski definition) is 2. The Labute approximate surface area is 106 Å². The lowest BCUT2D eigenvalue weighted by Crippen LogP contribution is -2.18. The van der Waals surface area contributed by atoms with E-state index < -0.39 is 0 Å². The van der Waals surface area contributed by atoms with Crippen LogP contribution in [0.25, 0.3) is 0 Å². The van der Waals surface area contributed by atoms with E-state index in [0.29, 0.717) is 12.3 Å². The van der Waals surface area contributed by atoms with Gasteiger partial charge in [0.2, 0.25) is 5.91 Å². The molecule has 1 amide bonds. The molecule has 0 aliphatic heterocycles. The summed E-state index contributed by atoms with van der Waals surface area (Å²) in [5, 5.41) is 4.10. The number of hydrazone groups is 1. The zero-order valence-corrected chi connectivity index (χ0v) is 11.9. The van der Waals surface area contributed by atoms with E-state index in [1.807, 2.05) is 6.92 Å². The third-order valence-corrected chi connectivity index (χ3v) is 2.58. The molecule has 17 heavy (non-hydrogen) atoms. The van der Waals surface area contributed by atoms with Gasteiger partial charge in [0, 0.05) is 12.1 Å². The fourth-order valence-electron chi connectivity index (χ4n) is 1.74. The maximum Gasteiger partial charge on any atom is 0.240 e. The van der Waals surface area contributed by atoms with E-state index in [4.69, 9.17) is 0 Å². The molecule has 0 aromatic heterocycles. The average molecular weight is 240 g/mol. The summed E-state index contributed by atoms with van der Waals surface area (Å²) in [6.07, 6.45) is 7.41. The molecule has 0 unspecified atom stereocenters. The van der Waals surface area contributed by atoms with E-state index in [1.54, 1.807) is 0 Å². The predicted molar refractivity (Wildman–Crippen MR) is 74.1 cm³/mol. The largest absolute Gasteiger partial charge is 0.273 e. The molecule has 0 saturated carbocycles. The monoisotopic (exact) mass is 240 g/mol. The summed E-state index contributed by atoms with van der Waals surface area (Å²) in [4.78, 5) is 11.4. The molecule has 0 aliphatic carbocycles. The van der Waals surface area contributed by atoms with Gasteiger partial charge in [0.05, 0.1) is 0 Å². The Bertz CT molecular complexity index is 234. The van der Waals surface area contributed by atoms with Crippen LogP contribution in [0.3, 0.4) is 0 Å². The molecule has 1 N–H and O–H groups in total. The summed E-state index contributed by atoms with van der Waals surface area (Å²) in [5.41, 5.74) is 3.63. The SMILES string of the molecule is CCCCCCCC(=O)N/N=C(/C)CC(C)C. The first-order valence-electron chi connectivity index (χ1n) is 6.88. The summed E-state index contributed by atoms with van der Waals surface area (Å²) in [6.45, 7) is 8.45. The van der Waals surface area contributed by atoms with E-state index in [-0.39, 0.29) is 5.91 Å². The molecule has 0 atom stereocenters. The highest BCUT2D eigenvalue weighted by atomic mass is 16.2. The molecule has 0 rings (SSSR count). The number of amides is 1. The highest BCUT2D eigenvalue weighted by Crippen LogP contribution is 2.05. The minimum absolute atomic E-state index is 0.0459. The molecular formula is C14H28N2O. The topological polar surface area (TPSA) is 41.5 Å². The van der Waals surface area contributed by atoms with Crippen LogP contribution in [0.4, 0.5) is 0 Å². The molecule has 3 heteroatoms. The Morgan fingerprint density at radius 3 is 2.41 bits per heavy atom. The predicted octanol–water partition coefficient (Wildman–Crippen LogP) is 3.89. The summed E-state index contributed by atoms with van der Waals surface area (Å²) in [6, 6.07) is 0. The first-order chi connectivity index (χ1) is 8.06. The van der Waals surface area contributed by atoms with Gasteiger partial charge in [-0.15, -0.1) is 0 Å². The highest BCUT2D eigenvalue weighted by Gasteiger charge is 2.01. The number of hydrogen-bond donors (Lipinski definition) is 1. The van der Waals surface area contributed by atoms with Crippen molar-refractivity contribution in [1.29, 1.82) is 0 Å². The van der Waals surface area contributed by atoms with Gasteiger partial charge in [0.1, 0.15) is 0 Å². The maximum absolute atomic E-state index is 11.4. The zero-order valence-electron chi connectivity index (χ0n) is 11.9. The van der Waals surface area contributed by atoms with E-state index in [9.17, 15) is 4.79 Å². The fourth-order valence-corrected chi connectivity index (χ4v) is 1.74. The zero-order chi connectivity index (χ0) is 13.1. The summed E-state index contributed by atoms with van der Waals surface area (Å²) < 4.78 is 0. The lowest BCUT2D eigenvalue weighted by atomic mass is 10.1. The van der Waals surface area contributed by atoms with Gasteiger partial charge in [-0.2, -0.15) is 5.10 Å². The molecule has 0 radical (unpaired) electrons. The van der Waals surface area contributed by atoms with E-state index in [0.717, 1.165) is 25.0 Å². The third kappa shape index (κ3) is 11.4. The van der Waals surface area contributed by atoms with Crippen LogP contribution in [-0.4, -0.2) is 11.6 Å². The second-order valence-corrected chi connectivity index (χ2v) is 5.14. The Balaban J connectivity index is 3.58. The lowest BCUT2D eigenvalue weighted by molar-refractivity contribution is -0.121. The smallest absolute Gasteiger partial charge is 0.240 e. The van der Waals surface area contributed by atoms with Gasteiger partial charge in [0.15, 0.2) is 0 Å². The van der Waals surface area contributed by atoms with Crippen molar-refractivity contribution in [1.82, 2.24) is 5.43 Å². The Morgan fingerprint density at radius 1 is 1.18 bits per heavy atom. The van der Waals surface area contributed by atoms with E-state index >= 15 is 0 Å². The van der Waals surface area contributed by atoms with Crippen molar-refractivity contribution in [2.75, 3.05) is 0 Å². The van der Waals surface area contributed by atoms with Crippen LogP contribution in [0.2, 0.25) is 0 Å². The van der Waals surface area contributed by atoms with Gasteiger partial charge >= 0.3 is 0 Å². The molecule has 0 fully saturated rings. The fraction of sp³-hybridized carbons (Fsp3) is 0.857. The van der Waals surface area contributed by atoms with Gasteiger partial charge in [-0.25, -0.2) is 5.43 Å². The normalized spacial score (nSPS) is 11.9. The molecule has 0 bridgehead atoms. The molecular weight excluding hydrogens is 212 g/mol. The molecule has 0 aromatic rings. The van der Waals surface area contributed by atoms with Gasteiger partial charge in [-0.1, -0.05) is 46.5 Å². The van der Waals surface area contributed by atoms with Crippen LogP contribution < -0.4 is 5.43 Å². The summed E-state index contributed by atoms with van der Waals surface area (Å²) >= 11 is 0. The van der Waals surface area contributed by atoms with Crippen molar-refractivity contribution in [3.8, 4) is 0 Å². The summed E-state index contributed by atoms with van der Waals surface area (Å²) in [7, 11) is 0. The number of rotatable bonds is 9. The van der Waals surface area contributed by atoms with Crippen molar-refractivity contribution in [2.24, 2.45) is 11.0 Å². The van der Waals surface area contributed by atoms with Crippen molar-refractivity contribution in [2.45, 2.75) is 72.6 Å². The molecule has 3 nitrogen and oxygen atoms in total. The first-order valence-corrected chi connectivity index (χ1v) is 6.88. The number of unbranched alkanes of at least 4 members (excludes halogenated alkanes) is 4. The Kier molecular flexibility index (Phi) is 9.78. The van der Waals surface area contributed by atoms with Gasteiger partial charge in [-0.05, 0) is 25.7 Å². The molecule has 0 aromatic carbocycles. The van der Waals surface area contributed by atoms with Crippen molar-refractivity contribution >= 4 is 11.6 Å². The van der Waals surface area contributed by atoms with Crippen LogP contribution in [0.15, 0.2) is 5.10 Å². The molecule has 0 heterocycles. The number of carbonyl (C=O) groups excluding carboxylic acids is 1. The van der Waals surface area contributed by atoms with E-state index in [1.165, 1.54) is 19.3 Å². The Hall–Kier alpha value is -0.860. The second-order valence-electron chi connectivity index (χ2n) is 5.14. The van der Waals surface area contributed by atoms with Crippen LogP contribution in [0, 0.1) is 5.92 Å². The van der Waals surface area contributed by atoms with Crippen molar-refractivity contribution in [3.63, 3.8) is 0 Å². The number of nitrogens with one attached hydrogen (secondary N) is 1. The molecule has 100 valence electrons. The minimum Gasteiger partial charge on any atom is -0.273 e. The molecule has 0 spiro atoms. The van der Waals surface area contributed by atoms with Crippen LogP contribution in [0.1, 0.15) is 72.6 Å².